The Balaban J connectivity index is 1.79. The van der Waals surface area contributed by atoms with Crippen molar-refractivity contribution in [3.05, 3.63) is 50.9 Å². The molecule has 3 aromatic rings. The summed E-state index contributed by atoms with van der Waals surface area (Å²) in [6, 6.07) is 3.33. The Morgan fingerprint density at radius 3 is 2.61 bits per heavy atom. The number of aromatic nitrogens is 3. The number of halogens is 4. The van der Waals surface area contributed by atoms with Gasteiger partial charge in [-0.1, -0.05) is 11.6 Å². The standard InChI is InChI=1S/C21H21ClF3N5O3/c1-11-9-26-18(32)15-16(11)28-19(30-6-4-20(33,10-31)5-7-30)29-17(15)27-12-2-3-14(22)13(8-12)21(23,24)25/h2-3,8-9,31,33H,4-7,10H2,1H3,(H,26,32)(H,27,28,29). The first kappa shape index (κ1) is 23.3. The second-order valence-corrected chi connectivity index (χ2v) is 8.49. The summed E-state index contributed by atoms with van der Waals surface area (Å²) in [5.41, 5.74) is -1.66. The molecule has 2 aromatic heterocycles. The summed E-state index contributed by atoms with van der Waals surface area (Å²) in [4.78, 5) is 25.9. The highest BCUT2D eigenvalue weighted by Crippen LogP contribution is 2.37. The molecule has 0 aliphatic carbocycles. The van der Waals surface area contributed by atoms with Gasteiger partial charge in [0.15, 0.2) is 0 Å². The number of nitrogens with one attached hydrogen (secondary N) is 2. The Morgan fingerprint density at radius 1 is 1.27 bits per heavy atom. The molecule has 12 heteroatoms. The Bertz CT molecular complexity index is 1260. The molecule has 0 amide bonds. The Labute approximate surface area is 191 Å². The van der Waals surface area contributed by atoms with E-state index in [9.17, 15) is 28.2 Å². The maximum Gasteiger partial charge on any atom is 0.417 e. The number of aromatic amines is 1. The molecule has 0 atom stereocenters. The van der Waals surface area contributed by atoms with Crippen molar-refractivity contribution in [2.45, 2.75) is 31.5 Å². The predicted molar refractivity (Wildman–Crippen MR) is 118 cm³/mol. The number of aliphatic hydroxyl groups excluding tert-OH is 1. The van der Waals surface area contributed by atoms with Crippen molar-refractivity contribution in [1.82, 2.24) is 15.0 Å². The van der Waals surface area contributed by atoms with Crippen LogP contribution in [0.25, 0.3) is 10.9 Å². The minimum Gasteiger partial charge on any atom is -0.393 e. The van der Waals surface area contributed by atoms with Crippen LogP contribution < -0.4 is 15.8 Å². The van der Waals surface area contributed by atoms with Crippen LogP contribution in [0.5, 0.6) is 0 Å². The zero-order valence-corrected chi connectivity index (χ0v) is 18.3. The van der Waals surface area contributed by atoms with Gasteiger partial charge < -0.3 is 25.4 Å². The van der Waals surface area contributed by atoms with Crippen LogP contribution >= 0.6 is 11.6 Å². The van der Waals surface area contributed by atoms with Gasteiger partial charge in [-0.25, -0.2) is 4.98 Å². The molecule has 1 aliphatic heterocycles. The molecule has 1 saturated heterocycles. The first-order valence-electron chi connectivity index (χ1n) is 10.1. The number of hydrogen-bond donors (Lipinski definition) is 4. The SMILES string of the molecule is Cc1c[nH]c(=O)c2c(Nc3ccc(Cl)c(C(F)(F)F)c3)nc(N3CCC(O)(CO)CC3)nc12. The molecule has 0 radical (unpaired) electrons. The number of aliphatic hydroxyl groups is 2. The average Bonchev–Trinajstić information content (AvgIpc) is 2.77. The number of piperidine rings is 1. The number of H-pyrrole nitrogens is 1. The van der Waals surface area contributed by atoms with Gasteiger partial charge in [-0.3, -0.25) is 4.79 Å². The van der Waals surface area contributed by atoms with E-state index in [2.05, 4.69) is 20.3 Å². The van der Waals surface area contributed by atoms with E-state index in [0.717, 1.165) is 12.1 Å². The van der Waals surface area contributed by atoms with Gasteiger partial charge in [0.1, 0.15) is 11.2 Å². The van der Waals surface area contributed by atoms with Crippen molar-refractivity contribution < 1.29 is 23.4 Å². The third kappa shape index (κ3) is 4.61. The second-order valence-electron chi connectivity index (χ2n) is 8.08. The lowest BCUT2D eigenvalue weighted by molar-refractivity contribution is -0.137. The van der Waals surface area contributed by atoms with Gasteiger partial charge in [0.05, 0.1) is 28.3 Å². The fourth-order valence-corrected chi connectivity index (χ4v) is 3.96. The van der Waals surface area contributed by atoms with Crippen LogP contribution in [-0.4, -0.2) is 50.5 Å². The monoisotopic (exact) mass is 483 g/mol. The van der Waals surface area contributed by atoms with Crippen molar-refractivity contribution in [2.75, 3.05) is 29.9 Å². The molecule has 0 spiro atoms. The molecule has 1 aliphatic rings. The number of rotatable bonds is 4. The summed E-state index contributed by atoms with van der Waals surface area (Å²) in [7, 11) is 0. The summed E-state index contributed by atoms with van der Waals surface area (Å²) < 4.78 is 39.9. The van der Waals surface area contributed by atoms with E-state index in [1.165, 1.54) is 12.3 Å². The minimum atomic E-state index is -4.65. The smallest absolute Gasteiger partial charge is 0.393 e. The van der Waals surface area contributed by atoms with Crippen LogP contribution in [0.2, 0.25) is 5.02 Å². The first-order chi connectivity index (χ1) is 15.5. The van der Waals surface area contributed by atoms with E-state index in [-0.39, 0.29) is 42.3 Å². The molecular weight excluding hydrogens is 463 g/mol. The number of pyridine rings is 1. The quantitative estimate of drug-likeness (QED) is 0.450. The van der Waals surface area contributed by atoms with Crippen LogP contribution in [0.3, 0.4) is 0 Å². The lowest BCUT2D eigenvalue weighted by Crippen LogP contribution is -2.47. The number of aryl methyl sites for hydroxylation is 1. The number of benzene rings is 1. The van der Waals surface area contributed by atoms with E-state index in [0.29, 0.717) is 24.2 Å². The predicted octanol–water partition coefficient (Wildman–Crippen LogP) is 3.37. The number of hydrogen-bond acceptors (Lipinski definition) is 7. The Morgan fingerprint density at radius 2 is 1.97 bits per heavy atom. The third-order valence-corrected chi connectivity index (χ3v) is 6.05. The van der Waals surface area contributed by atoms with Crippen LogP contribution in [0.1, 0.15) is 24.0 Å². The lowest BCUT2D eigenvalue weighted by atomic mass is 9.93. The average molecular weight is 484 g/mol. The fraction of sp³-hybridized carbons (Fsp3) is 0.381. The molecule has 0 bridgehead atoms. The molecule has 176 valence electrons. The highest BCUT2D eigenvalue weighted by atomic mass is 35.5. The van der Waals surface area contributed by atoms with Gasteiger partial charge in [-0.15, -0.1) is 0 Å². The normalized spacial score (nSPS) is 16.3. The third-order valence-electron chi connectivity index (χ3n) is 5.72. The van der Waals surface area contributed by atoms with E-state index < -0.39 is 27.9 Å². The van der Waals surface area contributed by atoms with E-state index >= 15 is 0 Å². The molecule has 4 N–H and O–H groups in total. The van der Waals surface area contributed by atoms with Crippen molar-refractivity contribution in [2.24, 2.45) is 0 Å². The number of anilines is 3. The molecule has 0 saturated carbocycles. The van der Waals surface area contributed by atoms with Gasteiger partial charge in [0.2, 0.25) is 5.95 Å². The zero-order valence-electron chi connectivity index (χ0n) is 17.5. The first-order valence-corrected chi connectivity index (χ1v) is 10.5. The van der Waals surface area contributed by atoms with Crippen LogP contribution in [0.15, 0.2) is 29.2 Å². The topological polar surface area (TPSA) is 114 Å². The van der Waals surface area contributed by atoms with Gasteiger partial charge in [0.25, 0.3) is 5.56 Å². The lowest BCUT2D eigenvalue weighted by Gasteiger charge is -2.37. The summed E-state index contributed by atoms with van der Waals surface area (Å²) in [5, 5.41) is 22.1. The Hall–Kier alpha value is -2.89. The van der Waals surface area contributed by atoms with Gasteiger partial charge in [-0.2, -0.15) is 18.2 Å². The van der Waals surface area contributed by atoms with E-state index in [1.807, 2.05) is 0 Å². The van der Waals surface area contributed by atoms with Crippen LogP contribution in [-0.2, 0) is 6.18 Å². The molecular formula is C21H21ClF3N5O3. The Kier molecular flexibility index (Phi) is 5.97. The van der Waals surface area contributed by atoms with Crippen molar-refractivity contribution in [1.29, 1.82) is 0 Å². The highest BCUT2D eigenvalue weighted by Gasteiger charge is 2.34. The molecule has 8 nitrogen and oxygen atoms in total. The second kappa shape index (κ2) is 8.47. The van der Waals surface area contributed by atoms with Gasteiger partial charge in [0, 0.05) is 25.0 Å². The molecule has 1 aromatic carbocycles. The summed E-state index contributed by atoms with van der Waals surface area (Å²) in [5.74, 6) is 0.294. The largest absolute Gasteiger partial charge is 0.417 e. The number of fused-ring (bicyclic) bond motifs is 1. The zero-order chi connectivity index (χ0) is 24.0. The van der Waals surface area contributed by atoms with Gasteiger partial charge in [-0.05, 0) is 43.5 Å². The summed E-state index contributed by atoms with van der Waals surface area (Å²) in [6.45, 7) is 2.08. The van der Waals surface area contributed by atoms with Crippen molar-refractivity contribution in [3.8, 4) is 0 Å². The molecule has 0 unspecified atom stereocenters. The molecule has 4 rings (SSSR count). The molecule has 3 heterocycles. The number of alkyl halides is 3. The summed E-state index contributed by atoms with van der Waals surface area (Å²) >= 11 is 5.71. The highest BCUT2D eigenvalue weighted by molar-refractivity contribution is 6.31. The summed E-state index contributed by atoms with van der Waals surface area (Å²) in [6.07, 6.45) is -2.59. The van der Waals surface area contributed by atoms with E-state index in [1.54, 1.807) is 11.8 Å². The fourth-order valence-electron chi connectivity index (χ4n) is 3.73. The molecule has 33 heavy (non-hydrogen) atoms. The van der Waals surface area contributed by atoms with Crippen molar-refractivity contribution >= 4 is 40.0 Å². The number of nitrogens with zero attached hydrogens (tertiary/aromatic N) is 3. The maximum atomic E-state index is 13.3. The van der Waals surface area contributed by atoms with Crippen LogP contribution in [0, 0.1) is 6.92 Å². The minimum absolute atomic E-state index is 0.0402. The maximum absolute atomic E-state index is 13.3. The van der Waals surface area contributed by atoms with Gasteiger partial charge >= 0.3 is 6.18 Å². The van der Waals surface area contributed by atoms with E-state index in [4.69, 9.17) is 11.6 Å². The van der Waals surface area contributed by atoms with Crippen LogP contribution in [0.4, 0.5) is 30.6 Å². The molecule has 1 fully saturated rings. The van der Waals surface area contributed by atoms with Crippen molar-refractivity contribution in [3.63, 3.8) is 0 Å².